The summed E-state index contributed by atoms with van der Waals surface area (Å²) >= 11 is 0. The molecular formula is C21H16N4. The normalized spacial score (nSPS) is 12.2. The van der Waals surface area contributed by atoms with Crippen LogP contribution in [-0.4, -0.2) is 17.0 Å². The van der Waals surface area contributed by atoms with Crippen molar-refractivity contribution in [2.75, 3.05) is 0 Å². The molecule has 0 radical (unpaired) electrons. The van der Waals surface area contributed by atoms with Crippen molar-refractivity contribution in [2.45, 2.75) is 0 Å². The Balaban J connectivity index is 1.78. The smallest absolute Gasteiger partial charge is 0.171 e. The molecule has 0 amide bonds. The summed E-state index contributed by atoms with van der Waals surface area (Å²) < 4.78 is 0. The Labute approximate surface area is 145 Å². The first-order chi connectivity index (χ1) is 12.3. The van der Waals surface area contributed by atoms with Crippen LogP contribution < -0.4 is 5.73 Å². The van der Waals surface area contributed by atoms with Gasteiger partial charge in [-0.25, -0.2) is 0 Å². The van der Waals surface area contributed by atoms with Crippen LogP contribution in [0.25, 0.3) is 21.5 Å². The summed E-state index contributed by atoms with van der Waals surface area (Å²) in [5.41, 5.74) is 7.56. The first kappa shape index (κ1) is 15.0. The lowest BCUT2D eigenvalue weighted by atomic mass is 9.98. The number of fused-ring (bicyclic) bond motifs is 3. The van der Waals surface area contributed by atoms with Crippen LogP contribution in [0.5, 0.6) is 0 Å². The van der Waals surface area contributed by atoms with E-state index in [0.717, 1.165) is 10.9 Å². The average molecular weight is 324 g/mol. The van der Waals surface area contributed by atoms with Crippen LogP contribution in [-0.2, 0) is 0 Å². The van der Waals surface area contributed by atoms with Gasteiger partial charge in [-0.2, -0.15) is 5.10 Å². The summed E-state index contributed by atoms with van der Waals surface area (Å²) in [4.78, 5) is 4.17. The molecule has 1 aromatic heterocycles. The first-order valence-electron chi connectivity index (χ1n) is 8.01. The van der Waals surface area contributed by atoms with Gasteiger partial charge in [0.15, 0.2) is 5.84 Å². The van der Waals surface area contributed by atoms with E-state index >= 15 is 0 Å². The van der Waals surface area contributed by atoms with Crippen LogP contribution in [0.1, 0.15) is 11.3 Å². The molecule has 1 heterocycles. The summed E-state index contributed by atoms with van der Waals surface area (Å²) in [6.07, 6.45) is 3.42. The SMILES string of the molecule is N/C(=N/N=C/c1cc2ccccc2c2ccccc12)c1ccccn1. The maximum atomic E-state index is 5.94. The quantitative estimate of drug-likeness (QED) is 0.266. The molecule has 0 aliphatic rings. The second-order valence-corrected chi connectivity index (χ2v) is 5.68. The van der Waals surface area contributed by atoms with Crippen LogP contribution in [0.3, 0.4) is 0 Å². The molecule has 0 unspecified atom stereocenters. The van der Waals surface area contributed by atoms with Gasteiger partial charge in [0, 0.05) is 11.8 Å². The first-order valence-corrected chi connectivity index (χ1v) is 8.01. The van der Waals surface area contributed by atoms with E-state index in [2.05, 4.69) is 51.6 Å². The van der Waals surface area contributed by atoms with Crippen LogP contribution in [0, 0.1) is 0 Å². The number of hydrogen-bond acceptors (Lipinski definition) is 3. The predicted octanol–water partition coefficient (Wildman–Crippen LogP) is 4.13. The fourth-order valence-electron chi connectivity index (χ4n) is 2.91. The van der Waals surface area contributed by atoms with Crippen molar-refractivity contribution in [3.8, 4) is 0 Å². The molecule has 0 atom stereocenters. The molecule has 0 saturated heterocycles. The molecule has 0 saturated carbocycles. The van der Waals surface area contributed by atoms with Crippen LogP contribution in [0.15, 0.2) is 89.2 Å². The zero-order chi connectivity index (χ0) is 17.1. The van der Waals surface area contributed by atoms with Crippen molar-refractivity contribution in [1.82, 2.24) is 4.98 Å². The number of nitrogens with two attached hydrogens (primary N) is 1. The largest absolute Gasteiger partial charge is 0.380 e. The number of pyridine rings is 1. The second-order valence-electron chi connectivity index (χ2n) is 5.68. The van der Waals surface area contributed by atoms with Crippen LogP contribution in [0.2, 0.25) is 0 Å². The number of aromatic nitrogens is 1. The van der Waals surface area contributed by atoms with Crippen molar-refractivity contribution in [3.05, 3.63) is 90.3 Å². The molecular weight excluding hydrogens is 308 g/mol. The predicted molar refractivity (Wildman–Crippen MR) is 104 cm³/mol. The Hall–Kier alpha value is -3.53. The number of nitrogens with zero attached hydrogens (tertiary/aromatic N) is 3. The number of amidine groups is 1. The van der Waals surface area contributed by atoms with Gasteiger partial charge in [-0.15, -0.1) is 5.10 Å². The molecule has 0 spiro atoms. The highest BCUT2D eigenvalue weighted by Crippen LogP contribution is 2.27. The molecule has 0 fully saturated rings. The highest BCUT2D eigenvalue weighted by molar-refractivity contribution is 6.14. The molecule has 4 aromatic rings. The maximum Gasteiger partial charge on any atom is 0.171 e. The standard InChI is InChI=1S/C21H16N4/c22-21(20-11-5-6-12-23-20)25-24-14-16-13-15-7-1-2-8-17(15)19-10-4-3-9-18(16)19/h1-14H,(H2,22,25)/b24-14+. The second kappa shape index (κ2) is 6.53. The third-order valence-corrected chi connectivity index (χ3v) is 4.09. The Morgan fingerprint density at radius 3 is 2.36 bits per heavy atom. The van der Waals surface area contributed by atoms with E-state index in [0.29, 0.717) is 11.5 Å². The van der Waals surface area contributed by atoms with Gasteiger partial charge in [0.2, 0.25) is 0 Å². The third kappa shape index (κ3) is 2.97. The van der Waals surface area contributed by atoms with Gasteiger partial charge in [-0.1, -0.05) is 54.6 Å². The number of hydrogen-bond donors (Lipinski definition) is 1. The molecule has 0 bridgehead atoms. The fourth-order valence-corrected chi connectivity index (χ4v) is 2.91. The fraction of sp³-hybridized carbons (Fsp3) is 0. The van der Waals surface area contributed by atoms with Gasteiger partial charge in [0.05, 0.1) is 6.21 Å². The zero-order valence-corrected chi connectivity index (χ0v) is 13.5. The van der Waals surface area contributed by atoms with E-state index < -0.39 is 0 Å². The highest BCUT2D eigenvalue weighted by Gasteiger charge is 2.04. The van der Waals surface area contributed by atoms with Crippen LogP contribution >= 0.6 is 0 Å². The van der Waals surface area contributed by atoms with E-state index in [1.807, 2.05) is 30.3 Å². The Kier molecular flexibility index (Phi) is 3.92. The Morgan fingerprint density at radius 1 is 0.840 bits per heavy atom. The summed E-state index contributed by atoms with van der Waals surface area (Å²) in [5.74, 6) is 0.293. The van der Waals surface area contributed by atoms with Gasteiger partial charge in [0.1, 0.15) is 5.69 Å². The number of benzene rings is 3. The molecule has 4 nitrogen and oxygen atoms in total. The van der Waals surface area contributed by atoms with Crippen molar-refractivity contribution in [2.24, 2.45) is 15.9 Å². The van der Waals surface area contributed by atoms with Gasteiger partial charge < -0.3 is 5.73 Å². The lowest BCUT2D eigenvalue weighted by Gasteiger charge is -2.07. The summed E-state index contributed by atoms with van der Waals surface area (Å²) in [6, 6.07) is 24.2. The molecule has 25 heavy (non-hydrogen) atoms. The Morgan fingerprint density at radius 2 is 1.56 bits per heavy atom. The van der Waals surface area contributed by atoms with Crippen molar-refractivity contribution in [1.29, 1.82) is 0 Å². The van der Waals surface area contributed by atoms with E-state index in [-0.39, 0.29) is 0 Å². The summed E-state index contributed by atoms with van der Waals surface area (Å²) in [6.45, 7) is 0. The van der Waals surface area contributed by atoms with E-state index in [9.17, 15) is 0 Å². The summed E-state index contributed by atoms with van der Waals surface area (Å²) in [7, 11) is 0. The van der Waals surface area contributed by atoms with Crippen LogP contribution in [0.4, 0.5) is 0 Å². The molecule has 4 rings (SSSR count). The van der Waals surface area contributed by atoms with Crippen molar-refractivity contribution < 1.29 is 0 Å². The van der Waals surface area contributed by atoms with E-state index in [4.69, 9.17) is 5.73 Å². The highest BCUT2D eigenvalue weighted by atomic mass is 15.2. The van der Waals surface area contributed by atoms with Gasteiger partial charge in [-0.3, -0.25) is 4.98 Å². The minimum Gasteiger partial charge on any atom is -0.380 e. The molecule has 3 aromatic carbocycles. The van der Waals surface area contributed by atoms with E-state index in [1.54, 1.807) is 18.5 Å². The van der Waals surface area contributed by atoms with E-state index in [1.165, 1.54) is 16.2 Å². The van der Waals surface area contributed by atoms with Crippen molar-refractivity contribution in [3.63, 3.8) is 0 Å². The molecule has 120 valence electrons. The van der Waals surface area contributed by atoms with Gasteiger partial charge in [-0.05, 0) is 39.7 Å². The summed E-state index contributed by atoms with van der Waals surface area (Å²) in [5, 5.41) is 13.0. The topological polar surface area (TPSA) is 63.6 Å². The minimum atomic E-state index is 0.293. The lowest BCUT2D eigenvalue weighted by Crippen LogP contribution is -2.14. The van der Waals surface area contributed by atoms with Crippen molar-refractivity contribution >= 4 is 33.6 Å². The lowest BCUT2D eigenvalue weighted by molar-refractivity contribution is 1.20. The molecule has 0 aliphatic carbocycles. The van der Waals surface area contributed by atoms with Gasteiger partial charge >= 0.3 is 0 Å². The molecule has 2 N–H and O–H groups in total. The minimum absolute atomic E-state index is 0.293. The zero-order valence-electron chi connectivity index (χ0n) is 13.5. The monoisotopic (exact) mass is 324 g/mol. The average Bonchev–Trinajstić information content (AvgIpc) is 2.68. The Bertz CT molecular complexity index is 1100. The molecule has 4 heteroatoms. The maximum absolute atomic E-state index is 5.94. The number of rotatable bonds is 3. The third-order valence-electron chi connectivity index (χ3n) is 4.09. The molecule has 0 aliphatic heterocycles. The van der Waals surface area contributed by atoms with Gasteiger partial charge in [0.25, 0.3) is 0 Å².